The van der Waals surface area contributed by atoms with E-state index in [0.29, 0.717) is 0 Å². The van der Waals surface area contributed by atoms with Crippen LogP contribution in [-0.4, -0.2) is 10.1 Å². The van der Waals surface area contributed by atoms with E-state index >= 15 is 0 Å². The molecule has 0 aliphatic carbocycles. The molecule has 0 spiro atoms. The molecule has 2 nitrogen and oxygen atoms in total. The maximum absolute atomic E-state index is 8.52. The van der Waals surface area contributed by atoms with Gasteiger partial charge < -0.3 is 5.11 Å². The molecule has 0 radical (unpaired) electrons. The summed E-state index contributed by atoms with van der Waals surface area (Å²) in [7, 11) is 20.1. The van der Waals surface area contributed by atoms with Gasteiger partial charge in [0.1, 0.15) is 0 Å². The van der Waals surface area contributed by atoms with Gasteiger partial charge in [-0.2, -0.15) is 0 Å². The van der Waals surface area contributed by atoms with Gasteiger partial charge >= 0.3 is 49.6 Å². The van der Waals surface area contributed by atoms with E-state index in [2.05, 4.69) is 4.98 Å². The van der Waals surface area contributed by atoms with Gasteiger partial charge in [-0.25, -0.2) is 4.98 Å². The van der Waals surface area contributed by atoms with Crippen molar-refractivity contribution in [2.24, 2.45) is 0 Å². The Hall–Kier alpha value is 0.798. The molecule has 0 aliphatic rings. The molecule has 0 atom stereocenters. The number of rotatable bonds is 0. The molecular formula is C5H5Cl4NOW. The molecule has 0 bridgehead atoms. The van der Waals surface area contributed by atoms with Crippen LogP contribution in [0.3, 0.4) is 0 Å². The molecule has 0 aromatic carbocycles. The molecular weight excluding hydrogens is 416 g/mol. The fraction of sp³-hybridized carbons (Fsp3) is 0. The Morgan fingerprint density at radius 3 is 1.83 bits per heavy atom. The van der Waals surface area contributed by atoms with Crippen molar-refractivity contribution in [1.82, 2.24) is 4.98 Å². The summed E-state index contributed by atoms with van der Waals surface area (Å²) < 4.78 is 0. The van der Waals surface area contributed by atoms with Crippen LogP contribution < -0.4 is 0 Å². The van der Waals surface area contributed by atoms with Gasteiger partial charge in [0.25, 0.3) is 0 Å². The molecule has 1 heterocycles. The van der Waals surface area contributed by atoms with Crippen molar-refractivity contribution in [3.63, 3.8) is 0 Å². The third kappa shape index (κ3) is 13.4. The Morgan fingerprint density at radius 2 is 1.67 bits per heavy atom. The average Bonchev–Trinajstić information content (AvgIpc) is 1.85. The number of hydrogen-bond donors (Lipinski definition) is 1. The first kappa shape index (κ1) is 12.8. The van der Waals surface area contributed by atoms with Crippen molar-refractivity contribution in [1.29, 1.82) is 0 Å². The average molecular weight is 421 g/mol. The zero-order valence-electron chi connectivity index (χ0n) is 5.62. The first-order valence-corrected chi connectivity index (χ1v) is 17.2. The third-order valence-corrected chi connectivity index (χ3v) is 0.649. The van der Waals surface area contributed by atoms with Crippen LogP contribution in [0.2, 0.25) is 0 Å². The number of pyridine rings is 1. The number of halogens is 4. The molecule has 0 saturated carbocycles. The monoisotopic (exact) mass is 419 g/mol. The molecule has 1 rings (SSSR count). The van der Waals surface area contributed by atoms with Crippen LogP contribution in [0.1, 0.15) is 0 Å². The summed E-state index contributed by atoms with van der Waals surface area (Å²) in [6, 6.07) is 5.00. The maximum atomic E-state index is 8.52. The summed E-state index contributed by atoms with van der Waals surface area (Å²) in [6.07, 6.45) is 1.54. The van der Waals surface area contributed by atoms with Gasteiger partial charge in [0.15, 0.2) is 0 Å². The second kappa shape index (κ2) is 6.28. The number of nitrogens with zero attached hydrogens (tertiary/aromatic N) is 1. The molecule has 0 unspecified atom stereocenters. The van der Waals surface area contributed by atoms with E-state index in [1.807, 2.05) is 0 Å². The van der Waals surface area contributed by atoms with E-state index in [4.69, 9.17) is 42.8 Å². The zero-order valence-corrected chi connectivity index (χ0v) is 11.6. The summed E-state index contributed by atoms with van der Waals surface area (Å²) in [5.74, 6) is 0.0718. The van der Waals surface area contributed by atoms with Crippen LogP contribution in [-0.2, 0) is 11.9 Å². The minimum atomic E-state index is -3.28. The fourth-order valence-electron chi connectivity index (χ4n) is 0.354. The molecule has 1 aromatic rings. The van der Waals surface area contributed by atoms with E-state index in [1.54, 1.807) is 12.1 Å². The first-order valence-electron chi connectivity index (χ1n) is 2.61. The van der Waals surface area contributed by atoms with Crippen molar-refractivity contribution < 1.29 is 17.0 Å². The van der Waals surface area contributed by atoms with Crippen molar-refractivity contribution >= 4 is 37.7 Å². The Balaban J connectivity index is 0.000000217. The van der Waals surface area contributed by atoms with Crippen molar-refractivity contribution in [3.8, 4) is 5.88 Å². The predicted molar refractivity (Wildman–Crippen MR) is 49.3 cm³/mol. The van der Waals surface area contributed by atoms with Crippen molar-refractivity contribution in [3.05, 3.63) is 24.4 Å². The molecule has 1 aromatic heterocycles. The van der Waals surface area contributed by atoms with Gasteiger partial charge in [0.2, 0.25) is 5.88 Å². The standard InChI is InChI=1S/C5H5NO.4ClH.W/c7-5-3-1-2-4-6-5;;;;;/h1-4H,(H,6,7);4*1H;/q;;;;;+4/p-4. The normalized spacial score (nSPS) is 11.3. The molecule has 0 amide bonds. The summed E-state index contributed by atoms with van der Waals surface area (Å²) >= 11 is -3.28. The number of aromatic hydroxyl groups is 1. The van der Waals surface area contributed by atoms with Crippen LogP contribution in [0.25, 0.3) is 0 Å². The Labute approximate surface area is 89.3 Å². The number of hydrogen-bond acceptors (Lipinski definition) is 2. The van der Waals surface area contributed by atoms with Crippen LogP contribution in [0.15, 0.2) is 24.4 Å². The van der Waals surface area contributed by atoms with Gasteiger partial charge in [-0.1, -0.05) is 6.07 Å². The molecule has 70 valence electrons. The SMILES string of the molecule is Oc1ccccn1.[Cl][W]([Cl])([Cl])[Cl]. The Kier molecular flexibility index (Phi) is 6.70. The van der Waals surface area contributed by atoms with E-state index in [1.165, 1.54) is 12.3 Å². The Morgan fingerprint density at radius 1 is 1.17 bits per heavy atom. The van der Waals surface area contributed by atoms with Gasteiger partial charge in [-0.05, 0) is 6.07 Å². The summed E-state index contributed by atoms with van der Waals surface area (Å²) in [6.45, 7) is 0. The van der Waals surface area contributed by atoms with E-state index in [0.717, 1.165) is 0 Å². The first-order chi connectivity index (χ1) is 5.39. The quantitative estimate of drug-likeness (QED) is 0.696. The second-order valence-electron chi connectivity index (χ2n) is 1.54. The van der Waals surface area contributed by atoms with E-state index in [-0.39, 0.29) is 5.88 Å². The van der Waals surface area contributed by atoms with Crippen molar-refractivity contribution in [2.45, 2.75) is 0 Å². The van der Waals surface area contributed by atoms with Crippen LogP contribution >= 0.6 is 37.7 Å². The summed E-state index contributed by atoms with van der Waals surface area (Å²) in [5.41, 5.74) is 0. The van der Waals surface area contributed by atoms with Gasteiger partial charge in [0, 0.05) is 12.3 Å². The second-order valence-corrected chi connectivity index (χ2v) is 27.0. The molecule has 1 N–H and O–H groups in total. The summed E-state index contributed by atoms with van der Waals surface area (Å²) in [5, 5.41) is 8.52. The van der Waals surface area contributed by atoms with Crippen LogP contribution in [0, 0.1) is 0 Å². The van der Waals surface area contributed by atoms with E-state index in [9.17, 15) is 0 Å². The zero-order chi connectivity index (χ0) is 9.61. The fourth-order valence-corrected chi connectivity index (χ4v) is 0.354. The topological polar surface area (TPSA) is 33.1 Å². The van der Waals surface area contributed by atoms with E-state index < -0.39 is 11.9 Å². The van der Waals surface area contributed by atoms with Crippen LogP contribution in [0.4, 0.5) is 0 Å². The Bertz CT molecular complexity index is 208. The molecule has 12 heavy (non-hydrogen) atoms. The van der Waals surface area contributed by atoms with Crippen molar-refractivity contribution in [2.75, 3.05) is 0 Å². The molecule has 0 saturated heterocycles. The van der Waals surface area contributed by atoms with Gasteiger partial charge in [-0.3, -0.25) is 0 Å². The third-order valence-electron chi connectivity index (χ3n) is 0.649. The van der Waals surface area contributed by atoms with Crippen LogP contribution in [0.5, 0.6) is 5.88 Å². The van der Waals surface area contributed by atoms with Gasteiger partial charge in [0.05, 0.1) is 0 Å². The molecule has 7 heteroatoms. The molecule has 0 aliphatic heterocycles. The number of aromatic nitrogens is 1. The predicted octanol–water partition coefficient (Wildman–Crippen LogP) is 3.54. The minimum absolute atomic E-state index is 0.0718. The molecule has 0 fully saturated rings. The summed E-state index contributed by atoms with van der Waals surface area (Å²) in [4.78, 5) is 3.53. The van der Waals surface area contributed by atoms with Gasteiger partial charge in [-0.15, -0.1) is 0 Å².